The summed E-state index contributed by atoms with van der Waals surface area (Å²) in [6.45, 7) is 9.21. The number of anilines is 3. The molecular weight excluding hydrogens is 552 g/mol. The largest absolute Gasteiger partial charge is 0.494 e. The number of hydrogen-bond acceptors (Lipinski definition) is 12. The van der Waals surface area contributed by atoms with Crippen LogP contribution in [0.4, 0.5) is 17.2 Å². The first-order chi connectivity index (χ1) is 20.3. The predicted molar refractivity (Wildman–Crippen MR) is 167 cm³/mol. The lowest BCUT2D eigenvalue weighted by Crippen LogP contribution is -2.60. The Morgan fingerprint density at radius 1 is 1.21 bits per heavy atom. The Bertz CT molecular complexity index is 1570. The number of methoxy groups -OCH3 is 1. The molecule has 0 unspecified atom stereocenters. The monoisotopic (exact) mass is 588 g/mol. The summed E-state index contributed by atoms with van der Waals surface area (Å²) in [5.41, 5.74) is 11.7. The van der Waals surface area contributed by atoms with Crippen molar-refractivity contribution in [2.75, 3.05) is 58.3 Å². The standard InChI is InChI=1S/C29H36N10O2S/c1-6-28(40)35-22-11-21(15-38-9-10-39(33-18-38)32-17-37(3)4)29(41-5)25(13-22)36-27-14-24(30-16-31-27)20-7-8-23-26(12-20)42-19(2)34-23/h6-8,11-14,16,32-33H,1,9-10,15,17-18H2,2-5H3,(H,35,40)(H,30,31,36). The van der Waals surface area contributed by atoms with Gasteiger partial charge < -0.3 is 15.4 Å². The highest BCUT2D eigenvalue weighted by molar-refractivity contribution is 7.18. The molecule has 12 nitrogen and oxygen atoms in total. The molecule has 2 aromatic carbocycles. The van der Waals surface area contributed by atoms with Gasteiger partial charge in [0.1, 0.15) is 17.9 Å². The number of hydrogen-bond donors (Lipinski definition) is 4. The van der Waals surface area contributed by atoms with Crippen LogP contribution in [0.3, 0.4) is 0 Å². The highest BCUT2D eigenvalue weighted by Crippen LogP contribution is 2.36. The smallest absolute Gasteiger partial charge is 0.247 e. The van der Waals surface area contributed by atoms with E-state index >= 15 is 0 Å². The predicted octanol–water partition coefficient (Wildman–Crippen LogP) is 3.54. The molecule has 1 saturated heterocycles. The number of rotatable bonds is 11. The number of nitrogens with one attached hydrogen (secondary N) is 4. The molecule has 0 aliphatic carbocycles. The van der Waals surface area contributed by atoms with Crippen LogP contribution in [0.2, 0.25) is 0 Å². The third-order valence-electron chi connectivity index (χ3n) is 6.64. The van der Waals surface area contributed by atoms with Crippen molar-refractivity contribution in [3.05, 3.63) is 66.0 Å². The summed E-state index contributed by atoms with van der Waals surface area (Å²) in [6, 6.07) is 11.8. The topological polar surface area (TPSA) is 123 Å². The van der Waals surface area contributed by atoms with E-state index in [0.717, 1.165) is 51.8 Å². The zero-order chi connectivity index (χ0) is 29.6. The summed E-state index contributed by atoms with van der Waals surface area (Å²) in [5.74, 6) is 0.970. The molecule has 42 heavy (non-hydrogen) atoms. The van der Waals surface area contributed by atoms with Gasteiger partial charge in [-0.15, -0.1) is 11.3 Å². The first kappa shape index (κ1) is 29.5. The number of benzene rings is 2. The average Bonchev–Trinajstić information content (AvgIpc) is 3.36. The van der Waals surface area contributed by atoms with Crippen LogP contribution in [-0.2, 0) is 11.3 Å². The molecule has 5 rings (SSSR count). The summed E-state index contributed by atoms with van der Waals surface area (Å²) in [7, 11) is 5.68. The molecule has 0 atom stereocenters. The van der Waals surface area contributed by atoms with Gasteiger partial charge in [-0.05, 0) is 51.4 Å². The highest BCUT2D eigenvalue weighted by Gasteiger charge is 2.20. The lowest BCUT2D eigenvalue weighted by molar-refractivity contribution is -0.111. The van der Waals surface area contributed by atoms with Gasteiger partial charge in [0.15, 0.2) is 0 Å². The fourth-order valence-electron chi connectivity index (χ4n) is 4.65. The number of amides is 1. The maximum atomic E-state index is 12.2. The summed E-state index contributed by atoms with van der Waals surface area (Å²) in [4.78, 5) is 30.1. The van der Waals surface area contributed by atoms with Gasteiger partial charge in [-0.2, -0.15) is 5.12 Å². The first-order valence-electron chi connectivity index (χ1n) is 13.5. The van der Waals surface area contributed by atoms with E-state index in [4.69, 9.17) is 4.74 Å². The molecule has 0 spiro atoms. The molecule has 0 bridgehead atoms. The Morgan fingerprint density at radius 3 is 2.81 bits per heavy atom. The number of aryl methyl sites for hydroxylation is 1. The second-order valence-electron chi connectivity index (χ2n) is 10.2. The maximum Gasteiger partial charge on any atom is 0.247 e. The quantitative estimate of drug-likeness (QED) is 0.152. The molecule has 2 aromatic heterocycles. The van der Waals surface area contributed by atoms with Gasteiger partial charge in [-0.25, -0.2) is 25.8 Å². The van der Waals surface area contributed by atoms with Crippen molar-refractivity contribution in [1.29, 1.82) is 0 Å². The summed E-state index contributed by atoms with van der Waals surface area (Å²) in [6.07, 6.45) is 2.78. The van der Waals surface area contributed by atoms with Gasteiger partial charge in [0, 0.05) is 42.5 Å². The van der Waals surface area contributed by atoms with Gasteiger partial charge in [-0.3, -0.25) is 14.6 Å². The van der Waals surface area contributed by atoms with Crippen molar-refractivity contribution in [2.24, 2.45) is 0 Å². The molecule has 1 amide bonds. The summed E-state index contributed by atoms with van der Waals surface area (Å²) < 4.78 is 7.02. The average molecular weight is 589 g/mol. The van der Waals surface area contributed by atoms with E-state index in [2.05, 4.69) is 58.9 Å². The van der Waals surface area contributed by atoms with E-state index in [-0.39, 0.29) is 5.91 Å². The maximum absolute atomic E-state index is 12.2. The van der Waals surface area contributed by atoms with Gasteiger partial charge in [-0.1, -0.05) is 12.6 Å². The van der Waals surface area contributed by atoms with Crippen LogP contribution in [0.1, 0.15) is 10.6 Å². The molecule has 220 valence electrons. The first-order valence-corrected chi connectivity index (χ1v) is 14.4. The minimum Gasteiger partial charge on any atom is -0.494 e. The van der Waals surface area contributed by atoms with Crippen molar-refractivity contribution in [2.45, 2.75) is 13.5 Å². The van der Waals surface area contributed by atoms with E-state index in [1.807, 2.05) is 56.5 Å². The molecule has 4 N–H and O–H groups in total. The Morgan fingerprint density at radius 2 is 2.07 bits per heavy atom. The van der Waals surface area contributed by atoms with E-state index in [1.165, 1.54) is 12.4 Å². The van der Waals surface area contributed by atoms with E-state index in [0.29, 0.717) is 36.2 Å². The van der Waals surface area contributed by atoms with Crippen molar-refractivity contribution >= 4 is 44.7 Å². The van der Waals surface area contributed by atoms with E-state index in [9.17, 15) is 4.79 Å². The van der Waals surface area contributed by atoms with Crippen LogP contribution >= 0.6 is 11.3 Å². The normalized spacial score (nSPS) is 14.3. The van der Waals surface area contributed by atoms with E-state index in [1.54, 1.807) is 18.4 Å². The number of fused-ring (bicyclic) bond motifs is 1. The van der Waals surface area contributed by atoms with Crippen molar-refractivity contribution < 1.29 is 9.53 Å². The second kappa shape index (κ2) is 13.3. The Kier molecular flexibility index (Phi) is 9.37. The minimum atomic E-state index is -0.294. The van der Waals surface area contributed by atoms with Crippen LogP contribution < -0.4 is 26.2 Å². The number of carbonyl (C=O) groups is 1. The van der Waals surface area contributed by atoms with Crippen LogP contribution in [-0.4, -0.2) is 83.4 Å². The number of aromatic nitrogens is 3. The lowest BCUT2D eigenvalue weighted by atomic mass is 10.1. The number of nitrogens with zero attached hydrogens (tertiary/aromatic N) is 6. The lowest BCUT2D eigenvalue weighted by Gasteiger charge is -2.36. The highest BCUT2D eigenvalue weighted by atomic mass is 32.1. The van der Waals surface area contributed by atoms with Crippen LogP contribution in [0.25, 0.3) is 21.5 Å². The van der Waals surface area contributed by atoms with Crippen LogP contribution in [0.15, 0.2) is 55.4 Å². The summed E-state index contributed by atoms with van der Waals surface area (Å²) in [5, 5.41) is 9.32. The molecule has 1 fully saturated rings. The minimum absolute atomic E-state index is 0.294. The molecule has 0 saturated carbocycles. The molecule has 0 radical (unpaired) electrons. The van der Waals surface area contributed by atoms with Gasteiger partial charge in [0.2, 0.25) is 5.91 Å². The Labute approximate surface area is 249 Å². The fraction of sp³-hybridized carbons (Fsp3) is 0.310. The van der Waals surface area contributed by atoms with Gasteiger partial charge >= 0.3 is 0 Å². The molecule has 4 aromatic rings. The number of carbonyl (C=O) groups excluding carboxylic acids is 1. The number of thiazole rings is 1. The number of hydrazine groups is 2. The third kappa shape index (κ3) is 7.26. The van der Waals surface area contributed by atoms with Gasteiger partial charge in [0.25, 0.3) is 0 Å². The summed E-state index contributed by atoms with van der Waals surface area (Å²) >= 11 is 1.66. The zero-order valence-corrected chi connectivity index (χ0v) is 25.1. The second-order valence-corrected chi connectivity index (χ2v) is 11.4. The SMILES string of the molecule is C=CC(=O)Nc1cc(CN2CCN(NCN(C)C)NC2)c(OC)c(Nc2cc(-c3ccc4nc(C)sc4c3)ncn2)c1. The Hall–Kier alpha value is -3.98. The van der Waals surface area contributed by atoms with Crippen LogP contribution in [0.5, 0.6) is 5.75 Å². The molecule has 13 heteroatoms. The Balaban J connectivity index is 1.39. The van der Waals surface area contributed by atoms with Crippen molar-refractivity contribution in [3.63, 3.8) is 0 Å². The molecule has 1 aliphatic heterocycles. The van der Waals surface area contributed by atoms with Crippen LogP contribution in [0, 0.1) is 6.92 Å². The fourth-order valence-corrected chi connectivity index (χ4v) is 5.52. The number of ether oxygens (including phenoxy) is 1. The third-order valence-corrected chi connectivity index (χ3v) is 7.57. The van der Waals surface area contributed by atoms with E-state index < -0.39 is 0 Å². The van der Waals surface area contributed by atoms with Gasteiger partial charge in [0.05, 0.1) is 47.1 Å². The van der Waals surface area contributed by atoms with Crippen molar-refractivity contribution in [1.82, 2.24) is 40.7 Å². The molecular formula is C29H36N10O2S. The molecule has 3 heterocycles. The molecule has 1 aliphatic rings. The van der Waals surface area contributed by atoms with Crippen molar-refractivity contribution in [3.8, 4) is 17.0 Å². The zero-order valence-electron chi connectivity index (χ0n) is 24.3.